The fourth-order valence-electron chi connectivity index (χ4n) is 1.75. The summed E-state index contributed by atoms with van der Waals surface area (Å²) in [6.07, 6.45) is 0. The van der Waals surface area contributed by atoms with Crippen molar-refractivity contribution in [3.05, 3.63) is 35.1 Å². The Bertz CT molecular complexity index is 366. The van der Waals surface area contributed by atoms with E-state index in [2.05, 4.69) is 5.43 Å². The number of methoxy groups -OCH3 is 1. The summed E-state index contributed by atoms with van der Waals surface area (Å²) in [5, 5.41) is 0. The lowest BCUT2D eigenvalue weighted by Crippen LogP contribution is -2.44. The van der Waals surface area contributed by atoms with Gasteiger partial charge in [-0.15, -0.1) is 0 Å². The molecule has 0 spiro atoms. The highest BCUT2D eigenvalue weighted by Gasteiger charge is 2.30. The number of nitrogens with two attached hydrogens (primary N) is 1. The number of halogens is 1. The van der Waals surface area contributed by atoms with Crippen LogP contribution in [0.2, 0.25) is 0 Å². The van der Waals surface area contributed by atoms with Crippen LogP contribution in [-0.4, -0.2) is 12.7 Å². The van der Waals surface area contributed by atoms with E-state index in [9.17, 15) is 4.39 Å². The van der Waals surface area contributed by atoms with Gasteiger partial charge in [-0.2, -0.15) is 0 Å². The highest BCUT2D eigenvalue weighted by atomic mass is 19.1. The molecule has 0 fully saturated rings. The van der Waals surface area contributed by atoms with Gasteiger partial charge in [0.15, 0.2) is 0 Å². The van der Waals surface area contributed by atoms with Gasteiger partial charge in [0.05, 0.1) is 11.6 Å². The second-order valence-corrected chi connectivity index (χ2v) is 4.41. The highest BCUT2D eigenvalue weighted by molar-refractivity contribution is 5.31. The summed E-state index contributed by atoms with van der Waals surface area (Å²) in [5.41, 5.74) is 4.06. The van der Waals surface area contributed by atoms with Crippen LogP contribution in [0.4, 0.5) is 4.39 Å². The van der Waals surface area contributed by atoms with Gasteiger partial charge in [-0.25, -0.2) is 4.39 Å². The molecule has 0 bridgehead atoms. The Balaban J connectivity index is 3.14. The van der Waals surface area contributed by atoms with Crippen molar-refractivity contribution in [2.75, 3.05) is 7.11 Å². The Morgan fingerprint density at radius 2 is 2.06 bits per heavy atom. The summed E-state index contributed by atoms with van der Waals surface area (Å²) in [7, 11) is 1.63. The molecule has 0 radical (unpaired) electrons. The number of aryl methyl sites for hydroxylation is 1. The van der Waals surface area contributed by atoms with Gasteiger partial charge >= 0.3 is 0 Å². The van der Waals surface area contributed by atoms with Crippen molar-refractivity contribution in [1.82, 2.24) is 5.43 Å². The van der Waals surface area contributed by atoms with Gasteiger partial charge in [-0.05, 0) is 44.0 Å². The fourth-order valence-corrected chi connectivity index (χ4v) is 1.75. The Kier molecular flexibility index (Phi) is 4.02. The Hall–Kier alpha value is -0.970. The molecule has 0 aromatic heterocycles. The minimum atomic E-state index is -0.461. The molecule has 0 saturated heterocycles. The average molecular weight is 226 g/mol. The van der Waals surface area contributed by atoms with Crippen molar-refractivity contribution in [3.8, 4) is 0 Å². The maximum Gasteiger partial charge on any atom is 0.123 e. The van der Waals surface area contributed by atoms with E-state index < -0.39 is 5.60 Å². The molecule has 3 nitrogen and oxygen atoms in total. The van der Waals surface area contributed by atoms with E-state index in [1.54, 1.807) is 13.2 Å². The molecule has 0 amide bonds. The molecule has 1 unspecified atom stereocenters. The largest absolute Gasteiger partial charge is 0.377 e. The van der Waals surface area contributed by atoms with E-state index in [0.29, 0.717) is 0 Å². The topological polar surface area (TPSA) is 47.3 Å². The molecule has 0 aliphatic rings. The zero-order chi connectivity index (χ0) is 12.3. The minimum Gasteiger partial charge on any atom is -0.377 e. The fraction of sp³-hybridized carbons (Fsp3) is 0.500. The molecular weight excluding hydrogens is 207 g/mol. The molecule has 4 heteroatoms. The number of ether oxygens (including phenoxy) is 1. The standard InChI is InChI=1S/C12H19FN2O/c1-8-7-9(13)5-6-10(8)11(15-14)12(2,3)16-4/h5-7,11,15H,14H2,1-4H3. The summed E-state index contributed by atoms with van der Waals surface area (Å²) in [5.74, 6) is 5.31. The molecule has 1 rings (SSSR count). The maximum atomic E-state index is 13.0. The molecule has 1 atom stereocenters. The average Bonchev–Trinajstić information content (AvgIpc) is 2.22. The smallest absolute Gasteiger partial charge is 0.123 e. The first-order valence-electron chi connectivity index (χ1n) is 5.19. The van der Waals surface area contributed by atoms with Crippen molar-refractivity contribution >= 4 is 0 Å². The molecule has 0 aliphatic carbocycles. The lowest BCUT2D eigenvalue weighted by Gasteiger charge is -2.33. The SMILES string of the molecule is COC(C)(C)C(NN)c1ccc(F)cc1C. The first kappa shape index (κ1) is 13.1. The van der Waals surface area contributed by atoms with E-state index in [4.69, 9.17) is 10.6 Å². The number of nitrogens with one attached hydrogen (secondary N) is 1. The number of rotatable bonds is 4. The van der Waals surface area contributed by atoms with Gasteiger partial charge in [0.1, 0.15) is 5.82 Å². The van der Waals surface area contributed by atoms with Gasteiger partial charge in [0.2, 0.25) is 0 Å². The van der Waals surface area contributed by atoms with E-state index in [1.165, 1.54) is 12.1 Å². The van der Waals surface area contributed by atoms with Crippen LogP contribution in [0.25, 0.3) is 0 Å². The van der Waals surface area contributed by atoms with E-state index >= 15 is 0 Å². The van der Waals surface area contributed by atoms with Crippen LogP contribution < -0.4 is 11.3 Å². The van der Waals surface area contributed by atoms with Crippen LogP contribution in [0.1, 0.15) is 31.0 Å². The molecular formula is C12H19FN2O. The highest BCUT2D eigenvalue weighted by Crippen LogP contribution is 2.29. The molecule has 1 aromatic carbocycles. The third-order valence-corrected chi connectivity index (χ3v) is 2.93. The van der Waals surface area contributed by atoms with Crippen molar-refractivity contribution in [2.24, 2.45) is 5.84 Å². The summed E-state index contributed by atoms with van der Waals surface area (Å²) in [6, 6.07) is 4.47. The monoisotopic (exact) mass is 226 g/mol. The first-order chi connectivity index (χ1) is 7.42. The molecule has 1 aromatic rings. The summed E-state index contributed by atoms with van der Waals surface area (Å²) >= 11 is 0. The van der Waals surface area contributed by atoms with Crippen molar-refractivity contribution in [1.29, 1.82) is 0 Å². The third-order valence-electron chi connectivity index (χ3n) is 2.93. The van der Waals surface area contributed by atoms with Crippen LogP contribution in [0.15, 0.2) is 18.2 Å². The number of hydrogen-bond acceptors (Lipinski definition) is 3. The molecule has 0 heterocycles. The predicted octanol–water partition coefficient (Wildman–Crippen LogP) is 2.06. The van der Waals surface area contributed by atoms with Crippen LogP contribution in [0.5, 0.6) is 0 Å². The van der Waals surface area contributed by atoms with Crippen LogP contribution in [0, 0.1) is 12.7 Å². The number of benzene rings is 1. The number of hydrogen-bond donors (Lipinski definition) is 2. The van der Waals surface area contributed by atoms with Crippen LogP contribution >= 0.6 is 0 Å². The Morgan fingerprint density at radius 3 is 2.50 bits per heavy atom. The minimum absolute atomic E-state index is 0.182. The second-order valence-electron chi connectivity index (χ2n) is 4.41. The third kappa shape index (κ3) is 2.58. The lowest BCUT2D eigenvalue weighted by molar-refractivity contribution is -0.0113. The predicted molar refractivity (Wildman–Crippen MR) is 62.3 cm³/mol. The van der Waals surface area contributed by atoms with Crippen molar-refractivity contribution in [2.45, 2.75) is 32.4 Å². The quantitative estimate of drug-likeness (QED) is 0.610. The molecule has 90 valence electrons. The van der Waals surface area contributed by atoms with Gasteiger partial charge in [0, 0.05) is 7.11 Å². The van der Waals surface area contributed by atoms with Gasteiger partial charge in [-0.1, -0.05) is 6.07 Å². The number of hydrazine groups is 1. The van der Waals surface area contributed by atoms with Crippen LogP contribution in [-0.2, 0) is 4.74 Å². The van der Waals surface area contributed by atoms with Crippen molar-refractivity contribution in [3.63, 3.8) is 0 Å². The Labute approximate surface area is 95.8 Å². The van der Waals surface area contributed by atoms with Crippen LogP contribution in [0.3, 0.4) is 0 Å². The van der Waals surface area contributed by atoms with E-state index in [1.807, 2.05) is 20.8 Å². The zero-order valence-corrected chi connectivity index (χ0v) is 10.2. The normalized spacial score (nSPS) is 13.9. The van der Waals surface area contributed by atoms with E-state index in [0.717, 1.165) is 11.1 Å². The van der Waals surface area contributed by atoms with Gasteiger partial charge in [-0.3, -0.25) is 11.3 Å². The summed E-state index contributed by atoms with van der Waals surface area (Å²) in [6.45, 7) is 5.72. The Morgan fingerprint density at radius 1 is 1.44 bits per heavy atom. The molecule has 0 aliphatic heterocycles. The lowest BCUT2D eigenvalue weighted by atomic mass is 9.89. The van der Waals surface area contributed by atoms with Gasteiger partial charge < -0.3 is 4.74 Å². The summed E-state index contributed by atoms with van der Waals surface area (Å²) < 4.78 is 18.4. The van der Waals surface area contributed by atoms with Crippen molar-refractivity contribution < 1.29 is 9.13 Å². The molecule has 16 heavy (non-hydrogen) atoms. The van der Waals surface area contributed by atoms with E-state index in [-0.39, 0.29) is 11.9 Å². The maximum absolute atomic E-state index is 13.0. The first-order valence-corrected chi connectivity index (χ1v) is 5.19. The molecule has 3 N–H and O–H groups in total. The summed E-state index contributed by atoms with van der Waals surface area (Å²) in [4.78, 5) is 0. The zero-order valence-electron chi connectivity index (χ0n) is 10.2. The van der Waals surface area contributed by atoms with Gasteiger partial charge in [0.25, 0.3) is 0 Å². The second kappa shape index (κ2) is 4.91. The molecule has 0 saturated carbocycles.